The molecule has 4 rings (SSSR count). The number of hydrazone groups is 1. The van der Waals surface area contributed by atoms with E-state index in [0.29, 0.717) is 33.3 Å². The molecule has 2 aliphatic heterocycles. The van der Waals surface area contributed by atoms with E-state index >= 15 is 0 Å². The van der Waals surface area contributed by atoms with Crippen molar-refractivity contribution < 1.29 is 24.0 Å². The number of hydrogen-bond donors (Lipinski definition) is 3. The van der Waals surface area contributed by atoms with Gasteiger partial charge in [0.15, 0.2) is 11.7 Å². The number of nitrogens with zero attached hydrogens (tertiary/aromatic N) is 3. The van der Waals surface area contributed by atoms with E-state index in [1.165, 1.54) is 18.3 Å². The molecule has 0 aromatic heterocycles. The maximum Gasteiger partial charge on any atom is 0.338 e. The molecule has 3 N–H and O–H groups in total. The molecule has 0 radical (unpaired) electrons. The number of carbonyl (C=O) groups excluding carboxylic acids is 2. The number of thiocarbonyl (C=S) groups is 1. The number of hydrogen-bond acceptors (Lipinski definition) is 9. The Hall–Kier alpha value is -4.52. The molecule has 41 heavy (non-hydrogen) atoms. The lowest BCUT2D eigenvalue weighted by Crippen LogP contribution is -2.45. The van der Waals surface area contributed by atoms with Gasteiger partial charge in [-0.2, -0.15) is 5.10 Å². The molecule has 0 saturated carbocycles. The van der Waals surface area contributed by atoms with Gasteiger partial charge >= 0.3 is 5.97 Å². The molecule has 0 spiro atoms. The summed E-state index contributed by atoms with van der Waals surface area (Å²) in [7, 11) is 0. The van der Waals surface area contributed by atoms with Crippen LogP contribution >= 0.6 is 12.2 Å². The third-order valence-corrected chi connectivity index (χ3v) is 6.88. The lowest BCUT2D eigenvalue weighted by Gasteiger charge is -2.30. The Morgan fingerprint density at radius 3 is 2.71 bits per heavy atom. The summed E-state index contributed by atoms with van der Waals surface area (Å²) in [6, 6.07) is 11.0. The van der Waals surface area contributed by atoms with Crippen LogP contribution in [0.2, 0.25) is 0 Å². The topological polar surface area (TPSA) is 147 Å². The van der Waals surface area contributed by atoms with Crippen LogP contribution in [0.3, 0.4) is 0 Å². The van der Waals surface area contributed by atoms with Crippen molar-refractivity contribution in [3.05, 3.63) is 75.0 Å². The Bertz CT molecular complexity index is 1390. The number of amides is 1. The van der Waals surface area contributed by atoms with Crippen LogP contribution in [-0.4, -0.2) is 54.4 Å². The average Bonchev–Trinajstić information content (AvgIpc) is 2.96. The highest BCUT2D eigenvalue weighted by Gasteiger charge is 2.32. The number of rotatable bonds is 10. The summed E-state index contributed by atoms with van der Waals surface area (Å²) in [5, 5.41) is 21.7. The fourth-order valence-electron chi connectivity index (χ4n) is 4.79. The zero-order chi connectivity index (χ0) is 29.4. The molecule has 1 fully saturated rings. The number of non-ortho nitro benzene ring substituents is 1. The fraction of sp³-hybridized carbons (Fsp3) is 0.357. The van der Waals surface area contributed by atoms with Crippen LogP contribution in [0.1, 0.15) is 50.3 Å². The van der Waals surface area contributed by atoms with E-state index in [2.05, 4.69) is 26.1 Å². The van der Waals surface area contributed by atoms with Crippen LogP contribution in [0.5, 0.6) is 5.75 Å². The van der Waals surface area contributed by atoms with Crippen molar-refractivity contribution in [3.63, 3.8) is 0 Å². The van der Waals surface area contributed by atoms with Crippen molar-refractivity contribution in [2.45, 2.75) is 39.2 Å². The Kier molecular flexibility index (Phi) is 9.85. The number of benzene rings is 2. The van der Waals surface area contributed by atoms with Gasteiger partial charge in [-0.1, -0.05) is 18.2 Å². The largest absolute Gasteiger partial charge is 0.483 e. The van der Waals surface area contributed by atoms with E-state index in [1.807, 2.05) is 0 Å². The summed E-state index contributed by atoms with van der Waals surface area (Å²) in [4.78, 5) is 38.4. The Labute approximate surface area is 242 Å². The quantitative estimate of drug-likeness (QED) is 0.125. The number of ether oxygens (including phenoxy) is 2. The molecule has 2 aromatic carbocycles. The Morgan fingerprint density at radius 1 is 1.22 bits per heavy atom. The summed E-state index contributed by atoms with van der Waals surface area (Å²) < 4.78 is 11.1. The van der Waals surface area contributed by atoms with E-state index < -0.39 is 22.8 Å². The maximum atomic E-state index is 12.7. The van der Waals surface area contributed by atoms with Crippen molar-refractivity contribution in [2.75, 3.05) is 31.2 Å². The van der Waals surface area contributed by atoms with Crippen molar-refractivity contribution in [1.82, 2.24) is 16.1 Å². The zero-order valence-corrected chi connectivity index (χ0v) is 23.7. The first-order valence-corrected chi connectivity index (χ1v) is 13.7. The second-order valence-electron chi connectivity index (χ2n) is 9.46. The Morgan fingerprint density at radius 2 is 1.98 bits per heavy atom. The molecular weight excluding hydrogens is 548 g/mol. The van der Waals surface area contributed by atoms with Gasteiger partial charge < -0.3 is 25.0 Å². The van der Waals surface area contributed by atoms with Gasteiger partial charge in [-0.05, 0) is 57.5 Å². The van der Waals surface area contributed by atoms with Crippen LogP contribution in [-0.2, 0) is 14.3 Å². The first kappa shape index (κ1) is 29.5. The molecule has 2 heterocycles. The van der Waals surface area contributed by atoms with Crippen LogP contribution < -0.4 is 25.7 Å². The van der Waals surface area contributed by atoms with Gasteiger partial charge in [0, 0.05) is 47.7 Å². The molecule has 1 atom stereocenters. The normalized spacial score (nSPS) is 17.1. The number of para-hydroxylation sites is 1. The van der Waals surface area contributed by atoms with Crippen molar-refractivity contribution in [3.8, 4) is 5.75 Å². The lowest BCUT2D eigenvalue weighted by molar-refractivity contribution is -0.384. The van der Waals surface area contributed by atoms with E-state index in [4.69, 9.17) is 21.7 Å². The highest BCUT2D eigenvalue weighted by atomic mass is 32.1. The third-order valence-electron chi connectivity index (χ3n) is 6.66. The summed E-state index contributed by atoms with van der Waals surface area (Å²) in [6.07, 6.45) is 4.63. The van der Waals surface area contributed by atoms with Crippen LogP contribution in [0.4, 0.5) is 11.4 Å². The number of allylic oxidation sites excluding steroid dienone is 1. The van der Waals surface area contributed by atoms with Crippen LogP contribution in [0, 0.1) is 10.1 Å². The minimum atomic E-state index is -0.651. The first-order chi connectivity index (χ1) is 19.8. The highest BCUT2D eigenvalue weighted by molar-refractivity contribution is 7.80. The first-order valence-electron chi connectivity index (χ1n) is 13.3. The molecule has 0 aliphatic carbocycles. The number of nitrogens with one attached hydrogen (secondary N) is 3. The van der Waals surface area contributed by atoms with Gasteiger partial charge in [0.1, 0.15) is 5.75 Å². The molecule has 12 nitrogen and oxygen atoms in total. The molecule has 216 valence electrons. The smallest absolute Gasteiger partial charge is 0.338 e. The monoisotopic (exact) mass is 580 g/mol. The molecule has 1 saturated heterocycles. The average molecular weight is 581 g/mol. The fourth-order valence-corrected chi connectivity index (χ4v) is 5.06. The predicted molar refractivity (Wildman–Crippen MR) is 158 cm³/mol. The Balaban J connectivity index is 1.46. The summed E-state index contributed by atoms with van der Waals surface area (Å²) in [5.74, 6) is -0.661. The van der Waals surface area contributed by atoms with Gasteiger partial charge in [-0.25, -0.2) is 10.2 Å². The molecule has 1 amide bonds. The van der Waals surface area contributed by atoms with Gasteiger partial charge in [0.25, 0.3) is 11.6 Å². The van der Waals surface area contributed by atoms with E-state index in [9.17, 15) is 19.7 Å². The van der Waals surface area contributed by atoms with Gasteiger partial charge in [-0.15, -0.1) is 0 Å². The number of anilines is 1. The van der Waals surface area contributed by atoms with E-state index in [0.717, 1.165) is 38.0 Å². The minimum Gasteiger partial charge on any atom is -0.483 e. The molecule has 13 heteroatoms. The van der Waals surface area contributed by atoms with Crippen molar-refractivity contribution in [2.24, 2.45) is 5.10 Å². The molecule has 2 aromatic rings. The number of nitro benzene ring substituents is 1. The van der Waals surface area contributed by atoms with Gasteiger partial charge in [0.2, 0.25) is 0 Å². The SMILES string of the molecule is CCOC(=O)C1=C(C)NC(=S)N[C@@H]1c1ccccc1OCC(=O)NN=Cc1cc([N+](=O)[O-])ccc1N1CCCCC1. The molecule has 0 bridgehead atoms. The van der Waals surface area contributed by atoms with Gasteiger partial charge in [0.05, 0.1) is 29.4 Å². The second kappa shape index (κ2) is 13.7. The summed E-state index contributed by atoms with van der Waals surface area (Å²) >= 11 is 5.30. The third kappa shape index (κ3) is 7.37. The lowest BCUT2D eigenvalue weighted by atomic mass is 9.95. The summed E-state index contributed by atoms with van der Waals surface area (Å²) in [5.41, 5.74) is 5.24. The maximum absolute atomic E-state index is 12.7. The number of carbonyl (C=O) groups is 2. The second-order valence-corrected chi connectivity index (χ2v) is 9.87. The van der Waals surface area contributed by atoms with Crippen LogP contribution in [0.15, 0.2) is 58.8 Å². The zero-order valence-electron chi connectivity index (χ0n) is 22.8. The van der Waals surface area contributed by atoms with Crippen molar-refractivity contribution >= 4 is 46.8 Å². The van der Waals surface area contributed by atoms with E-state index in [-0.39, 0.29) is 18.9 Å². The van der Waals surface area contributed by atoms with Crippen LogP contribution in [0.25, 0.3) is 0 Å². The molecule has 2 aliphatic rings. The highest BCUT2D eigenvalue weighted by Crippen LogP contribution is 2.33. The number of nitro groups is 1. The predicted octanol–water partition coefficient (Wildman–Crippen LogP) is 3.47. The van der Waals surface area contributed by atoms with E-state index in [1.54, 1.807) is 44.2 Å². The molecule has 0 unspecified atom stereocenters. The van der Waals surface area contributed by atoms with Gasteiger partial charge in [-0.3, -0.25) is 14.9 Å². The summed E-state index contributed by atoms with van der Waals surface area (Å²) in [6.45, 7) is 5.00. The number of piperidine rings is 1. The number of esters is 1. The molecular formula is C28H32N6O6S. The van der Waals surface area contributed by atoms with Crippen molar-refractivity contribution in [1.29, 1.82) is 0 Å². The standard InChI is InChI=1S/C28H32N6O6S/c1-3-39-27(36)25-18(2)30-28(41)31-26(25)21-9-5-6-10-23(21)40-17-24(35)32-29-16-19-15-20(34(37)38)11-12-22(19)33-13-7-4-8-14-33/h5-6,9-12,15-16,26H,3-4,7-8,13-14,17H2,1-2H3,(H,32,35)(H2,30,31,41)/t26-/m1/s1. The minimum absolute atomic E-state index is 0.0593.